The minimum absolute atomic E-state index is 0.0619. The first-order valence-corrected chi connectivity index (χ1v) is 9.87. The van der Waals surface area contributed by atoms with E-state index in [1.807, 2.05) is 0 Å². The van der Waals surface area contributed by atoms with Gasteiger partial charge in [0.25, 0.3) is 5.91 Å². The largest absolute Gasteiger partial charge is 0.489 e. The second kappa shape index (κ2) is 9.45. The zero-order chi connectivity index (χ0) is 24.2. The summed E-state index contributed by atoms with van der Waals surface area (Å²) < 4.78 is 44.9. The Hall–Kier alpha value is -3.67. The van der Waals surface area contributed by atoms with Crippen LogP contribution in [0.3, 0.4) is 0 Å². The van der Waals surface area contributed by atoms with Gasteiger partial charge in [0.15, 0.2) is 5.69 Å². The molecular formula is C21H22F3N5O4. The second-order valence-corrected chi connectivity index (χ2v) is 7.33. The first kappa shape index (κ1) is 24.0. The molecule has 2 amide bonds. The van der Waals surface area contributed by atoms with Gasteiger partial charge in [-0.25, -0.2) is 0 Å². The van der Waals surface area contributed by atoms with Crippen LogP contribution in [-0.4, -0.2) is 53.4 Å². The summed E-state index contributed by atoms with van der Waals surface area (Å²) in [5.41, 5.74) is -2.75. The van der Waals surface area contributed by atoms with Gasteiger partial charge >= 0.3 is 6.18 Å². The van der Waals surface area contributed by atoms with E-state index in [-0.39, 0.29) is 41.3 Å². The Morgan fingerprint density at radius 3 is 2.76 bits per heavy atom. The highest BCUT2D eigenvalue weighted by Gasteiger charge is 2.44. The number of ether oxygens (including phenoxy) is 1. The van der Waals surface area contributed by atoms with Crippen molar-refractivity contribution < 1.29 is 32.6 Å². The standard InChI is InChI=1S/C21H22F3N5O4/c1-26-16(18(31)29-20(11-30)6-8-28-19(20)32)14-9-13(4-5-15(14)25)33-10-12-3-2-7-27-17(12)21(22,23)24/h2-5,7,9,25-26,30H,6,8,10-11H2,1H3,(H,28,32)(H,29,31)/b16-14-,25-15?. The Morgan fingerprint density at radius 2 is 2.15 bits per heavy atom. The van der Waals surface area contributed by atoms with Gasteiger partial charge in [-0.15, -0.1) is 0 Å². The first-order valence-electron chi connectivity index (χ1n) is 9.87. The van der Waals surface area contributed by atoms with Crippen LogP contribution in [0.15, 0.2) is 53.6 Å². The molecule has 1 fully saturated rings. The molecule has 3 rings (SSSR count). The van der Waals surface area contributed by atoms with Crippen molar-refractivity contribution in [2.24, 2.45) is 0 Å². The van der Waals surface area contributed by atoms with Crippen LogP contribution in [-0.2, 0) is 27.1 Å². The lowest BCUT2D eigenvalue weighted by Gasteiger charge is -2.26. The van der Waals surface area contributed by atoms with Gasteiger partial charge in [-0.05, 0) is 30.7 Å². The van der Waals surface area contributed by atoms with Crippen molar-refractivity contribution in [3.63, 3.8) is 0 Å². The maximum Gasteiger partial charge on any atom is 0.433 e. The highest BCUT2D eigenvalue weighted by atomic mass is 19.4. The predicted molar refractivity (Wildman–Crippen MR) is 111 cm³/mol. The molecule has 2 aliphatic rings. The van der Waals surface area contributed by atoms with Crippen molar-refractivity contribution in [1.29, 1.82) is 5.41 Å². The molecule has 1 aromatic rings. The fraction of sp³-hybridized carbons (Fsp3) is 0.333. The third kappa shape index (κ3) is 5.06. The fourth-order valence-corrected chi connectivity index (χ4v) is 3.42. The van der Waals surface area contributed by atoms with E-state index in [0.29, 0.717) is 0 Å². The number of carbonyl (C=O) groups is 2. The summed E-state index contributed by atoms with van der Waals surface area (Å²) in [5, 5.41) is 25.5. The van der Waals surface area contributed by atoms with Crippen LogP contribution in [0.1, 0.15) is 17.7 Å². The van der Waals surface area contributed by atoms with Crippen LogP contribution in [0.5, 0.6) is 0 Å². The number of hydrogen-bond acceptors (Lipinski definition) is 7. The molecule has 1 saturated heterocycles. The van der Waals surface area contributed by atoms with Crippen molar-refractivity contribution in [1.82, 2.24) is 20.9 Å². The fourth-order valence-electron chi connectivity index (χ4n) is 3.42. The molecule has 1 aliphatic carbocycles. The Kier molecular flexibility index (Phi) is 6.86. The lowest BCUT2D eigenvalue weighted by atomic mass is 9.97. The van der Waals surface area contributed by atoms with Crippen LogP contribution >= 0.6 is 0 Å². The zero-order valence-corrected chi connectivity index (χ0v) is 17.5. The third-order valence-corrected chi connectivity index (χ3v) is 5.19. The van der Waals surface area contributed by atoms with Gasteiger partial charge in [-0.2, -0.15) is 13.2 Å². The molecule has 9 nitrogen and oxygen atoms in total. The number of aliphatic hydroxyl groups excluding tert-OH is 1. The van der Waals surface area contributed by atoms with Crippen molar-refractivity contribution in [2.75, 3.05) is 20.2 Å². The van der Waals surface area contributed by atoms with Gasteiger partial charge in [0.2, 0.25) is 5.91 Å². The molecule has 0 bridgehead atoms. The minimum atomic E-state index is -4.64. The highest BCUT2D eigenvalue weighted by Crippen LogP contribution is 2.31. The SMILES string of the molecule is CN/C(C(=O)NC1(CO)CCNC1=O)=C1/C=C(OCc2cccnc2C(F)(F)F)C=CC1=N. The first-order chi connectivity index (χ1) is 15.6. The van der Waals surface area contributed by atoms with Gasteiger partial charge in [0.1, 0.15) is 23.6 Å². The van der Waals surface area contributed by atoms with Gasteiger partial charge in [0.05, 0.1) is 12.3 Å². The normalized spacial score (nSPS) is 21.9. The van der Waals surface area contributed by atoms with Crippen LogP contribution in [0.4, 0.5) is 13.2 Å². The van der Waals surface area contributed by atoms with Crippen molar-refractivity contribution in [3.8, 4) is 0 Å². The number of rotatable bonds is 7. The number of hydrogen-bond donors (Lipinski definition) is 5. The lowest BCUT2D eigenvalue weighted by molar-refractivity contribution is -0.142. The molecule has 1 atom stereocenters. The Labute approximate surface area is 186 Å². The molecule has 2 heterocycles. The summed E-state index contributed by atoms with van der Waals surface area (Å²) in [7, 11) is 1.44. The molecule has 1 aliphatic heterocycles. The van der Waals surface area contributed by atoms with E-state index in [2.05, 4.69) is 20.9 Å². The molecular weight excluding hydrogens is 443 g/mol. The van der Waals surface area contributed by atoms with E-state index < -0.39 is 42.4 Å². The molecule has 12 heteroatoms. The molecule has 33 heavy (non-hydrogen) atoms. The number of aromatic nitrogens is 1. The number of nitrogens with one attached hydrogen (secondary N) is 4. The summed E-state index contributed by atoms with van der Waals surface area (Å²) in [6.45, 7) is -0.755. The predicted octanol–water partition coefficient (Wildman–Crippen LogP) is 0.931. The van der Waals surface area contributed by atoms with E-state index in [0.717, 1.165) is 6.20 Å². The molecule has 1 aromatic heterocycles. The average Bonchev–Trinajstić information content (AvgIpc) is 3.14. The summed E-state index contributed by atoms with van der Waals surface area (Å²) in [6.07, 6.45) is 0.631. The van der Waals surface area contributed by atoms with E-state index in [4.69, 9.17) is 10.1 Å². The average molecular weight is 465 g/mol. The third-order valence-electron chi connectivity index (χ3n) is 5.19. The Morgan fingerprint density at radius 1 is 1.39 bits per heavy atom. The number of halogens is 3. The van der Waals surface area contributed by atoms with Crippen LogP contribution in [0.25, 0.3) is 0 Å². The maximum absolute atomic E-state index is 13.1. The highest BCUT2D eigenvalue weighted by molar-refractivity contribution is 6.15. The van der Waals surface area contributed by atoms with Crippen LogP contribution in [0, 0.1) is 5.41 Å². The topological polar surface area (TPSA) is 136 Å². The van der Waals surface area contributed by atoms with Gasteiger partial charge < -0.3 is 31.2 Å². The maximum atomic E-state index is 13.1. The van der Waals surface area contributed by atoms with Crippen molar-refractivity contribution >= 4 is 17.5 Å². The summed E-state index contributed by atoms with van der Waals surface area (Å²) in [4.78, 5) is 28.3. The zero-order valence-electron chi connectivity index (χ0n) is 17.5. The molecule has 176 valence electrons. The van der Waals surface area contributed by atoms with E-state index in [1.54, 1.807) is 0 Å². The summed E-state index contributed by atoms with van der Waals surface area (Å²) in [6, 6.07) is 2.61. The Balaban J connectivity index is 1.84. The number of alkyl halides is 3. The minimum Gasteiger partial charge on any atom is -0.489 e. The number of aliphatic hydroxyl groups is 1. The number of allylic oxidation sites excluding steroid dienone is 4. The summed E-state index contributed by atoms with van der Waals surface area (Å²) >= 11 is 0. The molecule has 0 saturated carbocycles. The van der Waals surface area contributed by atoms with Crippen molar-refractivity contribution in [3.05, 3.63) is 64.8 Å². The van der Waals surface area contributed by atoms with E-state index >= 15 is 0 Å². The smallest absolute Gasteiger partial charge is 0.433 e. The molecule has 5 N–H and O–H groups in total. The number of pyridine rings is 1. The molecule has 0 radical (unpaired) electrons. The number of amides is 2. The monoisotopic (exact) mass is 465 g/mol. The van der Waals surface area contributed by atoms with Crippen LogP contribution in [0.2, 0.25) is 0 Å². The molecule has 0 spiro atoms. The van der Waals surface area contributed by atoms with Gasteiger partial charge in [-0.3, -0.25) is 14.6 Å². The van der Waals surface area contributed by atoms with Gasteiger partial charge in [0, 0.05) is 30.9 Å². The van der Waals surface area contributed by atoms with E-state index in [1.165, 1.54) is 37.4 Å². The van der Waals surface area contributed by atoms with Gasteiger partial charge in [-0.1, -0.05) is 6.07 Å². The van der Waals surface area contributed by atoms with Crippen molar-refractivity contribution in [2.45, 2.75) is 24.7 Å². The number of likely N-dealkylation sites (N-methyl/N-ethyl adjacent to an activating group) is 1. The number of nitrogens with zero attached hydrogens (tertiary/aromatic N) is 1. The molecule has 1 unspecified atom stereocenters. The number of carbonyl (C=O) groups excluding carboxylic acids is 2. The summed E-state index contributed by atoms with van der Waals surface area (Å²) in [5.74, 6) is -1.14. The quantitative estimate of drug-likeness (QED) is 0.380. The Bertz CT molecular complexity index is 1060. The van der Waals surface area contributed by atoms with E-state index in [9.17, 15) is 27.9 Å². The van der Waals surface area contributed by atoms with Crippen LogP contribution < -0.4 is 16.0 Å². The lowest BCUT2D eigenvalue weighted by Crippen LogP contribution is -2.57. The second-order valence-electron chi connectivity index (χ2n) is 7.33. The molecule has 0 aromatic carbocycles.